The average Bonchev–Trinajstić information content (AvgIpc) is 2.48. The zero-order chi connectivity index (χ0) is 14.4. The molecule has 2 rings (SSSR count). The van der Waals surface area contributed by atoms with Gasteiger partial charge in [0.25, 0.3) is 5.91 Å². The van der Waals surface area contributed by atoms with Gasteiger partial charge in [-0.3, -0.25) is 4.79 Å². The number of carbonyl (C=O) groups is 1. The highest BCUT2D eigenvalue weighted by Gasteiger charge is 2.05. The van der Waals surface area contributed by atoms with Crippen LogP contribution >= 0.6 is 0 Å². The van der Waals surface area contributed by atoms with E-state index in [2.05, 4.69) is 12.2 Å². The monoisotopic (exact) mass is 270 g/mol. The van der Waals surface area contributed by atoms with Crippen molar-refractivity contribution in [2.45, 2.75) is 13.3 Å². The summed E-state index contributed by atoms with van der Waals surface area (Å²) in [6, 6.07) is 14.8. The van der Waals surface area contributed by atoms with Crippen LogP contribution in [0.5, 0.6) is 5.75 Å². The van der Waals surface area contributed by atoms with Gasteiger partial charge in [-0.2, -0.15) is 0 Å². The van der Waals surface area contributed by atoms with Crippen molar-refractivity contribution < 1.29 is 9.53 Å². The van der Waals surface area contributed by atoms with Crippen LogP contribution in [0.2, 0.25) is 0 Å². The summed E-state index contributed by atoms with van der Waals surface area (Å²) in [7, 11) is 0. The number of amides is 1. The maximum Gasteiger partial charge on any atom is 0.262 e. The fourth-order valence-electron chi connectivity index (χ4n) is 1.77. The van der Waals surface area contributed by atoms with E-state index in [0.29, 0.717) is 17.1 Å². The molecule has 4 nitrogen and oxygen atoms in total. The van der Waals surface area contributed by atoms with Gasteiger partial charge in [0.05, 0.1) is 11.4 Å². The lowest BCUT2D eigenvalue weighted by atomic mass is 10.2. The van der Waals surface area contributed by atoms with Crippen LogP contribution in [0.1, 0.15) is 12.5 Å². The van der Waals surface area contributed by atoms with Gasteiger partial charge >= 0.3 is 0 Å². The van der Waals surface area contributed by atoms with E-state index >= 15 is 0 Å². The summed E-state index contributed by atoms with van der Waals surface area (Å²) < 4.78 is 5.43. The number of nitrogens with one attached hydrogen (secondary N) is 1. The normalized spacial score (nSPS) is 10.1. The van der Waals surface area contributed by atoms with Crippen molar-refractivity contribution in [3.63, 3.8) is 0 Å². The number of hydrogen-bond acceptors (Lipinski definition) is 3. The first-order chi connectivity index (χ1) is 9.69. The number of nitrogens with two attached hydrogens (primary N) is 1. The summed E-state index contributed by atoms with van der Waals surface area (Å²) in [5, 5.41) is 2.71. The number of aryl methyl sites for hydroxylation is 1. The van der Waals surface area contributed by atoms with Crippen LogP contribution in [0.4, 0.5) is 11.4 Å². The first-order valence-corrected chi connectivity index (χ1v) is 6.55. The van der Waals surface area contributed by atoms with Crippen LogP contribution in [-0.4, -0.2) is 12.5 Å². The number of ether oxygens (including phenoxy) is 1. The van der Waals surface area contributed by atoms with Crippen molar-refractivity contribution in [1.82, 2.24) is 0 Å². The summed E-state index contributed by atoms with van der Waals surface area (Å²) in [6.07, 6.45) is 0.980. The van der Waals surface area contributed by atoms with E-state index in [1.807, 2.05) is 36.4 Å². The molecule has 4 heteroatoms. The van der Waals surface area contributed by atoms with Crippen molar-refractivity contribution in [2.75, 3.05) is 17.7 Å². The molecule has 0 radical (unpaired) electrons. The Morgan fingerprint density at radius 3 is 2.50 bits per heavy atom. The average molecular weight is 270 g/mol. The van der Waals surface area contributed by atoms with Crippen molar-refractivity contribution in [3.8, 4) is 5.75 Å². The molecule has 0 bridgehead atoms. The van der Waals surface area contributed by atoms with Gasteiger partial charge in [-0.1, -0.05) is 31.2 Å². The van der Waals surface area contributed by atoms with Crippen LogP contribution in [0, 0.1) is 0 Å². The molecule has 0 fully saturated rings. The van der Waals surface area contributed by atoms with E-state index in [0.717, 1.165) is 6.42 Å². The topological polar surface area (TPSA) is 64.3 Å². The van der Waals surface area contributed by atoms with E-state index in [1.54, 1.807) is 12.1 Å². The predicted molar refractivity (Wildman–Crippen MR) is 80.8 cm³/mol. The second-order valence-corrected chi connectivity index (χ2v) is 4.42. The Morgan fingerprint density at radius 2 is 1.85 bits per heavy atom. The second-order valence-electron chi connectivity index (χ2n) is 4.42. The minimum atomic E-state index is -0.234. The highest BCUT2D eigenvalue weighted by atomic mass is 16.5. The lowest BCUT2D eigenvalue weighted by molar-refractivity contribution is -0.118. The summed E-state index contributed by atoms with van der Waals surface area (Å²) in [5.41, 5.74) is 8.12. The minimum absolute atomic E-state index is 0.0419. The maximum atomic E-state index is 11.8. The molecule has 20 heavy (non-hydrogen) atoms. The Balaban J connectivity index is 1.87. The fourth-order valence-corrected chi connectivity index (χ4v) is 1.77. The summed E-state index contributed by atoms with van der Waals surface area (Å²) in [5.74, 6) is 0.445. The quantitative estimate of drug-likeness (QED) is 0.821. The van der Waals surface area contributed by atoms with E-state index in [9.17, 15) is 4.79 Å². The number of anilines is 2. The maximum absolute atomic E-state index is 11.8. The van der Waals surface area contributed by atoms with Gasteiger partial charge in [-0.15, -0.1) is 0 Å². The SMILES string of the molecule is CCc1ccc(OCC(=O)Nc2ccccc2N)cc1. The Morgan fingerprint density at radius 1 is 1.15 bits per heavy atom. The number of nitrogen functional groups attached to an aromatic ring is 1. The van der Waals surface area contributed by atoms with Gasteiger partial charge in [-0.25, -0.2) is 0 Å². The molecule has 0 aliphatic heterocycles. The summed E-state index contributed by atoms with van der Waals surface area (Å²) in [6.45, 7) is 2.05. The molecule has 0 saturated heterocycles. The summed E-state index contributed by atoms with van der Waals surface area (Å²) in [4.78, 5) is 11.8. The van der Waals surface area contributed by atoms with Crippen molar-refractivity contribution >= 4 is 17.3 Å². The molecule has 0 aliphatic carbocycles. The standard InChI is InChI=1S/C16H18N2O2/c1-2-12-7-9-13(10-8-12)20-11-16(19)18-15-6-4-3-5-14(15)17/h3-10H,2,11,17H2,1H3,(H,18,19). The smallest absolute Gasteiger partial charge is 0.262 e. The van der Waals surface area contributed by atoms with Gasteiger partial charge in [0, 0.05) is 0 Å². The largest absolute Gasteiger partial charge is 0.484 e. The fraction of sp³-hybridized carbons (Fsp3) is 0.188. The van der Waals surface area contributed by atoms with Crippen molar-refractivity contribution in [1.29, 1.82) is 0 Å². The molecule has 0 spiro atoms. The number of benzene rings is 2. The first kappa shape index (κ1) is 13.9. The molecule has 3 N–H and O–H groups in total. The van der Waals surface area contributed by atoms with E-state index in [4.69, 9.17) is 10.5 Å². The van der Waals surface area contributed by atoms with Gasteiger partial charge in [0.15, 0.2) is 6.61 Å². The molecule has 0 atom stereocenters. The van der Waals surface area contributed by atoms with Crippen LogP contribution in [-0.2, 0) is 11.2 Å². The molecule has 0 saturated carbocycles. The Labute approximate surface area is 118 Å². The Hall–Kier alpha value is -2.49. The first-order valence-electron chi connectivity index (χ1n) is 6.55. The van der Waals surface area contributed by atoms with Crippen molar-refractivity contribution in [3.05, 3.63) is 54.1 Å². The molecular formula is C16H18N2O2. The van der Waals surface area contributed by atoms with Crippen LogP contribution in [0.3, 0.4) is 0 Å². The number of para-hydroxylation sites is 2. The lowest BCUT2D eigenvalue weighted by Crippen LogP contribution is -2.20. The minimum Gasteiger partial charge on any atom is -0.484 e. The van der Waals surface area contributed by atoms with Crippen LogP contribution in [0.15, 0.2) is 48.5 Å². The van der Waals surface area contributed by atoms with Crippen LogP contribution in [0.25, 0.3) is 0 Å². The molecule has 104 valence electrons. The number of hydrogen-bond donors (Lipinski definition) is 2. The number of carbonyl (C=O) groups excluding carboxylic acids is 1. The van der Waals surface area contributed by atoms with Crippen molar-refractivity contribution in [2.24, 2.45) is 0 Å². The lowest BCUT2D eigenvalue weighted by Gasteiger charge is -2.09. The number of rotatable bonds is 5. The molecule has 1 amide bonds. The van der Waals surface area contributed by atoms with Crippen LogP contribution < -0.4 is 15.8 Å². The highest BCUT2D eigenvalue weighted by molar-refractivity contribution is 5.94. The zero-order valence-electron chi connectivity index (χ0n) is 11.4. The Bertz CT molecular complexity index is 579. The molecule has 2 aromatic carbocycles. The third kappa shape index (κ3) is 3.75. The zero-order valence-corrected chi connectivity index (χ0v) is 11.4. The van der Waals surface area contributed by atoms with Gasteiger partial charge in [0.2, 0.25) is 0 Å². The van der Waals surface area contributed by atoms with Gasteiger partial charge in [-0.05, 0) is 36.2 Å². The Kier molecular flexibility index (Phi) is 4.60. The third-order valence-electron chi connectivity index (χ3n) is 2.94. The molecular weight excluding hydrogens is 252 g/mol. The molecule has 0 unspecified atom stereocenters. The van der Waals surface area contributed by atoms with E-state index in [1.165, 1.54) is 5.56 Å². The molecule has 2 aromatic rings. The predicted octanol–water partition coefficient (Wildman–Crippen LogP) is 2.85. The molecule has 0 heterocycles. The van der Waals surface area contributed by atoms with Gasteiger partial charge in [0.1, 0.15) is 5.75 Å². The van der Waals surface area contributed by atoms with E-state index < -0.39 is 0 Å². The van der Waals surface area contributed by atoms with Gasteiger partial charge < -0.3 is 15.8 Å². The summed E-state index contributed by atoms with van der Waals surface area (Å²) >= 11 is 0. The highest BCUT2D eigenvalue weighted by Crippen LogP contribution is 2.17. The molecule has 0 aliphatic rings. The second kappa shape index (κ2) is 6.61. The van der Waals surface area contributed by atoms with E-state index in [-0.39, 0.29) is 12.5 Å². The third-order valence-corrected chi connectivity index (χ3v) is 2.94. The molecule has 0 aromatic heterocycles.